The zero-order valence-corrected chi connectivity index (χ0v) is 16.5. The van der Waals surface area contributed by atoms with E-state index in [1.165, 1.54) is 38.5 Å². The molecule has 2 aliphatic rings. The number of benzene rings is 2. The van der Waals surface area contributed by atoms with E-state index in [0.29, 0.717) is 16.8 Å². The summed E-state index contributed by atoms with van der Waals surface area (Å²) >= 11 is 0. The van der Waals surface area contributed by atoms with Crippen LogP contribution < -0.4 is 4.90 Å². The van der Waals surface area contributed by atoms with Gasteiger partial charge < -0.3 is 19.1 Å². The molecule has 1 heterocycles. The number of rotatable bonds is 4. The topological polar surface area (TPSA) is 81.9 Å². The summed E-state index contributed by atoms with van der Waals surface area (Å²) in [5, 5.41) is 0. The lowest BCUT2D eigenvalue weighted by molar-refractivity contribution is -0.145. The number of esters is 3. The van der Waals surface area contributed by atoms with Crippen LogP contribution in [0.25, 0.3) is 5.57 Å². The molecule has 30 heavy (non-hydrogen) atoms. The molecule has 4 rings (SSSR count). The zero-order chi connectivity index (χ0) is 21.6. The summed E-state index contributed by atoms with van der Waals surface area (Å²) in [7, 11) is 3.55. The number of fused-ring (bicyclic) bond motifs is 3. The minimum Gasteiger partial charge on any atom is -0.467 e. The summed E-state index contributed by atoms with van der Waals surface area (Å²) in [6, 6.07) is 11.8. The Morgan fingerprint density at radius 2 is 1.53 bits per heavy atom. The van der Waals surface area contributed by atoms with Crippen LogP contribution in [0.4, 0.5) is 10.1 Å². The second-order valence-corrected chi connectivity index (χ2v) is 6.83. The fourth-order valence-corrected chi connectivity index (χ4v) is 4.30. The van der Waals surface area contributed by atoms with Gasteiger partial charge in [-0.2, -0.15) is 0 Å². The molecule has 154 valence electrons. The third-order valence-electron chi connectivity index (χ3n) is 5.50. The lowest BCUT2D eigenvalue weighted by Gasteiger charge is -2.24. The minimum absolute atomic E-state index is 0.0637. The van der Waals surface area contributed by atoms with Gasteiger partial charge in [0.1, 0.15) is 5.82 Å². The number of hydrogen-bond acceptors (Lipinski definition) is 7. The van der Waals surface area contributed by atoms with Gasteiger partial charge in [0, 0.05) is 5.69 Å². The predicted molar refractivity (Wildman–Crippen MR) is 104 cm³/mol. The normalized spacial score (nSPS) is 21.3. The van der Waals surface area contributed by atoms with Gasteiger partial charge in [-0.25, -0.2) is 18.8 Å². The van der Waals surface area contributed by atoms with Crippen LogP contribution in [-0.2, 0) is 28.6 Å². The lowest BCUT2D eigenvalue weighted by Crippen LogP contribution is -2.40. The third-order valence-corrected chi connectivity index (χ3v) is 5.50. The molecular weight excluding hydrogens is 393 g/mol. The van der Waals surface area contributed by atoms with E-state index < -0.39 is 35.3 Å². The highest BCUT2D eigenvalue weighted by atomic mass is 19.1. The number of carbonyl (C=O) groups is 3. The maximum Gasteiger partial charge on any atom is 0.339 e. The molecule has 0 N–H and O–H groups in total. The van der Waals surface area contributed by atoms with Crippen LogP contribution in [-0.4, -0.2) is 44.8 Å². The Kier molecular flexibility index (Phi) is 4.57. The van der Waals surface area contributed by atoms with Gasteiger partial charge in [0.25, 0.3) is 0 Å². The average molecular weight is 411 g/mol. The van der Waals surface area contributed by atoms with Crippen molar-refractivity contribution in [3.8, 4) is 0 Å². The number of halogens is 1. The van der Waals surface area contributed by atoms with Crippen molar-refractivity contribution in [3.05, 3.63) is 71.0 Å². The fraction of sp³-hybridized carbons (Fsp3) is 0.227. The largest absolute Gasteiger partial charge is 0.467 e. The number of hydrogen-bond donors (Lipinski definition) is 0. The van der Waals surface area contributed by atoms with E-state index in [-0.39, 0.29) is 11.1 Å². The first-order chi connectivity index (χ1) is 14.4. The number of nitrogens with zero attached hydrogens (tertiary/aromatic N) is 1. The van der Waals surface area contributed by atoms with Gasteiger partial charge in [0.15, 0.2) is 5.54 Å². The van der Waals surface area contributed by atoms with Crippen LogP contribution >= 0.6 is 0 Å². The van der Waals surface area contributed by atoms with Gasteiger partial charge in [0.2, 0.25) is 0 Å². The second-order valence-electron chi connectivity index (χ2n) is 6.83. The van der Waals surface area contributed by atoms with E-state index in [1.54, 1.807) is 29.2 Å². The summed E-state index contributed by atoms with van der Waals surface area (Å²) in [6.45, 7) is 0. The zero-order valence-electron chi connectivity index (χ0n) is 16.5. The predicted octanol–water partition coefficient (Wildman–Crippen LogP) is 2.41. The quantitative estimate of drug-likeness (QED) is 0.434. The molecule has 1 saturated heterocycles. The monoisotopic (exact) mass is 411 g/mol. The maximum atomic E-state index is 13.5. The Morgan fingerprint density at radius 1 is 0.900 bits per heavy atom. The molecule has 2 aromatic rings. The van der Waals surface area contributed by atoms with Gasteiger partial charge in [-0.1, -0.05) is 24.3 Å². The number of anilines is 1. The summed E-state index contributed by atoms with van der Waals surface area (Å²) in [5.41, 5.74) is -0.298. The van der Waals surface area contributed by atoms with Crippen LogP contribution in [0, 0.1) is 5.82 Å². The Hall–Kier alpha value is -3.68. The molecule has 0 radical (unpaired) electrons. The van der Waals surface area contributed by atoms with Crippen LogP contribution in [0.3, 0.4) is 0 Å². The highest BCUT2D eigenvalue weighted by molar-refractivity contribution is 6.29. The van der Waals surface area contributed by atoms with Crippen molar-refractivity contribution < 1.29 is 33.0 Å². The van der Waals surface area contributed by atoms with Gasteiger partial charge in [-0.15, -0.1) is 0 Å². The maximum absolute atomic E-state index is 13.5. The van der Waals surface area contributed by atoms with Gasteiger partial charge in [-0.05, 0) is 35.4 Å². The Labute approximate surface area is 171 Å². The highest BCUT2D eigenvalue weighted by Crippen LogP contribution is 2.65. The fourth-order valence-electron chi connectivity index (χ4n) is 4.30. The molecule has 1 fully saturated rings. The third kappa shape index (κ3) is 2.46. The Balaban J connectivity index is 2.08. The van der Waals surface area contributed by atoms with Crippen LogP contribution in [0.2, 0.25) is 0 Å². The molecule has 2 atom stereocenters. The van der Waals surface area contributed by atoms with E-state index >= 15 is 0 Å². The number of ether oxygens (including phenoxy) is 3. The first-order valence-electron chi connectivity index (χ1n) is 9.07. The van der Waals surface area contributed by atoms with Crippen molar-refractivity contribution in [1.29, 1.82) is 0 Å². The molecule has 1 aliphatic heterocycles. The molecule has 7 nitrogen and oxygen atoms in total. The molecule has 0 spiro atoms. The minimum atomic E-state index is -1.64. The smallest absolute Gasteiger partial charge is 0.339 e. The molecule has 0 amide bonds. The molecule has 0 bridgehead atoms. The Bertz CT molecular complexity index is 1090. The Morgan fingerprint density at radius 3 is 2.13 bits per heavy atom. The molecule has 2 aromatic carbocycles. The number of carbonyl (C=O) groups excluding carboxylic acids is 3. The second kappa shape index (κ2) is 6.98. The van der Waals surface area contributed by atoms with E-state index in [1.807, 2.05) is 0 Å². The van der Waals surface area contributed by atoms with Gasteiger partial charge in [0.05, 0.1) is 38.5 Å². The van der Waals surface area contributed by atoms with Crippen LogP contribution in [0.15, 0.2) is 54.1 Å². The van der Waals surface area contributed by atoms with E-state index in [2.05, 4.69) is 0 Å². The first-order valence-corrected chi connectivity index (χ1v) is 9.07. The SMILES string of the molecule is COC(=O)C1=C(C(=O)OC)C2(C(=O)OC)C(c3ccccc31)N2c1ccc(F)cc1. The van der Waals surface area contributed by atoms with Crippen molar-refractivity contribution in [2.75, 3.05) is 26.2 Å². The molecule has 8 heteroatoms. The summed E-state index contributed by atoms with van der Waals surface area (Å²) in [5.74, 6) is -2.83. The molecule has 0 saturated carbocycles. The summed E-state index contributed by atoms with van der Waals surface area (Å²) in [4.78, 5) is 40.4. The van der Waals surface area contributed by atoms with Crippen molar-refractivity contribution in [2.24, 2.45) is 0 Å². The summed E-state index contributed by atoms with van der Waals surface area (Å²) in [6.07, 6.45) is 0. The highest BCUT2D eigenvalue weighted by Gasteiger charge is 2.76. The van der Waals surface area contributed by atoms with Crippen molar-refractivity contribution >= 4 is 29.2 Å². The molecular formula is C22H18FNO6. The van der Waals surface area contributed by atoms with E-state index in [9.17, 15) is 18.8 Å². The molecule has 2 unspecified atom stereocenters. The van der Waals surface area contributed by atoms with Crippen molar-refractivity contribution in [2.45, 2.75) is 11.6 Å². The standard InChI is InChI=1S/C22H18FNO6/c1-28-19(25)16-14-6-4-5-7-15(14)18-22(21(27)30-3,17(16)20(26)29-2)24(18)13-10-8-12(23)9-11-13/h4-11,18H,1-3H3. The molecule has 1 aliphatic carbocycles. The lowest BCUT2D eigenvalue weighted by atomic mass is 9.78. The van der Waals surface area contributed by atoms with E-state index in [0.717, 1.165) is 7.11 Å². The van der Waals surface area contributed by atoms with Crippen molar-refractivity contribution in [1.82, 2.24) is 0 Å². The van der Waals surface area contributed by atoms with Crippen LogP contribution in [0.1, 0.15) is 17.2 Å². The first kappa shape index (κ1) is 19.6. The number of methoxy groups -OCH3 is 3. The van der Waals surface area contributed by atoms with Crippen molar-refractivity contribution in [3.63, 3.8) is 0 Å². The van der Waals surface area contributed by atoms with Gasteiger partial charge in [-0.3, -0.25) is 0 Å². The molecule has 0 aromatic heterocycles. The average Bonchev–Trinajstić information content (AvgIpc) is 3.48. The summed E-state index contributed by atoms with van der Waals surface area (Å²) < 4.78 is 28.5. The van der Waals surface area contributed by atoms with Gasteiger partial charge >= 0.3 is 17.9 Å². The van der Waals surface area contributed by atoms with E-state index in [4.69, 9.17) is 14.2 Å². The van der Waals surface area contributed by atoms with Crippen LogP contribution in [0.5, 0.6) is 0 Å².